The first-order chi connectivity index (χ1) is 10.0. The van der Waals surface area contributed by atoms with E-state index in [0.29, 0.717) is 6.54 Å². The Kier molecular flexibility index (Phi) is 5.58. The second kappa shape index (κ2) is 7.42. The lowest BCUT2D eigenvalue weighted by atomic mass is 10.3. The Morgan fingerprint density at radius 1 is 1.52 bits per heavy atom. The van der Waals surface area contributed by atoms with Gasteiger partial charge >= 0.3 is 6.03 Å². The molecule has 21 heavy (non-hydrogen) atoms. The molecule has 2 rings (SSSR count). The molecule has 7 heteroatoms. The summed E-state index contributed by atoms with van der Waals surface area (Å²) >= 11 is 0. The molecule has 0 radical (unpaired) electrons. The molecule has 0 aromatic carbocycles. The van der Waals surface area contributed by atoms with Gasteiger partial charge < -0.3 is 15.0 Å². The lowest BCUT2D eigenvalue weighted by Crippen LogP contribution is -2.48. The van der Waals surface area contributed by atoms with Crippen molar-refractivity contribution in [3.63, 3.8) is 0 Å². The molecule has 0 spiro atoms. The number of nitrogens with one attached hydrogen (secondary N) is 1. The van der Waals surface area contributed by atoms with Crippen molar-refractivity contribution in [1.82, 2.24) is 24.9 Å². The highest BCUT2D eigenvalue weighted by Gasteiger charge is 2.17. The molecule has 0 unspecified atom stereocenters. The lowest BCUT2D eigenvalue weighted by molar-refractivity contribution is 0.0347. The number of carbonyl (C=O) groups is 1. The predicted octanol–water partition coefficient (Wildman–Crippen LogP) is 0.282. The summed E-state index contributed by atoms with van der Waals surface area (Å²) in [6.07, 6.45) is 3.70. The Labute approximate surface area is 125 Å². The lowest BCUT2D eigenvalue weighted by Gasteiger charge is -2.30. The van der Waals surface area contributed by atoms with Crippen LogP contribution in [0.5, 0.6) is 0 Å². The molecule has 1 fully saturated rings. The molecular weight excluding hydrogens is 270 g/mol. The first-order valence-corrected chi connectivity index (χ1v) is 7.34. The highest BCUT2D eigenvalue weighted by molar-refractivity contribution is 5.74. The van der Waals surface area contributed by atoms with Crippen LogP contribution >= 0.6 is 0 Å². The average molecular weight is 295 g/mol. The highest BCUT2D eigenvalue weighted by atomic mass is 16.5. The van der Waals surface area contributed by atoms with Crippen LogP contribution in [0.25, 0.3) is 0 Å². The molecule has 1 aromatic rings. The zero-order chi connectivity index (χ0) is 15.2. The van der Waals surface area contributed by atoms with Gasteiger partial charge in [-0.15, -0.1) is 0 Å². The molecule has 1 N–H and O–H groups in total. The number of nitrogens with zero attached hydrogens (tertiary/aromatic N) is 4. The van der Waals surface area contributed by atoms with Gasteiger partial charge in [0, 0.05) is 51.5 Å². The molecule has 7 nitrogen and oxygen atoms in total. The molecule has 1 saturated heterocycles. The normalized spacial score (nSPS) is 17.5. The Bertz CT molecular complexity index is 456. The van der Waals surface area contributed by atoms with Crippen molar-refractivity contribution in [3.8, 4) is 0 Å². The standard InChI is InChI=1S/C14H25N5O2/c1-12(9-19-4-6-21-7-5-19)16-14(20)17(2)10-13-8-15-18(3)11-13/h8,11-12H,4-7,9-10H2,1-3H3,(H,16,20)/t12-/m1/s1. The summed E-state index contributed by atoms with van der Waals surface area (Å²) in [4.78, 5) is 16.1. The molecule has 0 saturated carbocycles. The van der Waals surface area contributed by atoms with Crippen LogP contribution in [-0.2, 0) is 18.3 Å². The van der Waals surface area contributed by atoms with E-state index in [-0.39, 0.29) is 12.1 Å². The topological polar surface area (TPSA) is 62.6 Å². The summed E-state index contributed by atoms with van der Waals surface area (Å²) in [5.74, 6) is 0. The van der Waals surface area contributed by atoms with Crippen LogP contribution in [0.4, 0.5) is 4.79 Å². The summed E-state index contributed by atoms with van der Waals surface area (Å²) in [5, 5.41) is 7.14. The van der Waals surface area contributed by atoms with Crippen molar-refractivity contribution in [1.29, 1.82) is 0 Å². The average Bonchev–Trinajstić information content (AvgIpc) is 2.85. The van der Waals surface area contributed by atoms with E-state index in [1.54, 1.807) is 22.8 Å². The maximum atomic E-state index is 12.2. The molecule has 1 aliphatic heterocycles. The van der Waals surface area contributed by atoms with E-state index in [1.165, 1.54) is 0 Å². The van der Waals surface area contributed by atoms with Crippen LogP contribution < -0.4 is 5.32 Å². The number of ether oxygens (including phenoxy) is 1. The summed E-state index contributed by atoms with van der Waals surface area (Å²) in [6, 6.07) is 0.0616. The van der Waals surface area contributed by atoms with Gasteiger partial charge in [0.2, 0.25) is 0 Å². The van der Waals surface area contributed by atoms with Gasteiger partial charge in [-0.1, -0.05) is 0 Å². The zero-order valence-electron chi connectivity index (χ0n) is 13.1. The minimum absolute atomic E-state index is 0.0559. The Morgan fingerprint density at radius 2 is 2.24 bits per heavy atom. The van der Waals surface area contributed by atoms with E-state index < -0.39 is 0 Å². The number of hydrogen-bond acceptors (Lipinski definition) is 4. The van der Waals surface area contributed by atoms with Crippen LogP contribution in [-0.4, -0.2) is 71.5 Å². The molecule has 2 heterocycles. The predicted molar refractivity (Wildman–Crippen MR) is 79.9 cm³/mol. The Hall–Kier alpha value is -1.60. The number of aryl methyl sites for hydroxylation is 1. The second-order valence-electron chi connectivity index (χ2n) is 5.64. The number of hydrogen-bond donors (Lipinski definition) is 1. The number of urea groups is 1. The van der Waals surface area contributed by atoms with Crippen molar-refractivity contribution in [3.05, 3.63) is 18.0 Å². The summed E-state index contributed by atoms with van der Waals surface area (Å²) < 4.78 is 7.06. The number of rotatable bonds is 5. The van der Waals surface area contributed by atoms with Gasteiger partial charge in [0.1, 0.15) is 0 Å². The van der Waals surface area contributed by atoms with Gasteiger partial charge in [0.15, 0.2) is 0 Å². The third kappa shape index (κ3) is 5.02. The molecule has 1 atom stereocenters. The maximum absolute atomic E-state index is 12.2. The van der Waals surface area contributed by atoms with E-state index >= 15 is 0 Å². The van der Waals surface area contributed by atoms with E-state index in [4.69, 9.17) is 4.74 Å². The van der Waals surface area contributed by atoms with Gasteiger partial charge in [-0.05, 0) is 6.92 Å². The fraction of sp³-hybridized carbons (Fsp3) is 0.714. The molecule has 2 amide bonds. The maximum Gasteiger partial charge on any atom is 0.317 e. The summed E-state index contributed by atoms with van der Waals surface area (Å²) in [5.41, 5.74) is 1.02. The third-order valence-electron chi connectivity index (χ3n) is 3.53. The van der Waals surface area contributed by atoms with E-state index in [2.05, 4.69) is 15.3 Å². The molecule has 0 bridgehead atoms. The van der Waals surface area contributed by atoms with Crippen LogP contribution in [0, 0.1) is 0 Å². The number of amides is 2. The zero-order valence-corrected chi connectivity index (χ0v) is 13.1. The van der Waals surface area contributed by atoms with Crippen molar-refractivity contribution in [2.24, 2.45) is 7.05 Å². The Balaban J connectivity index is 1.74. The minimum Gasteiger partial charge on any atom is -0.379 e. The number of carbonyl (C=O) groups excluding carboxylic acids is 1. The summed E-state index contributed by atoms with van der Waals surface area (Å²) in [7, 11) is 3.66. The molecule has 0 aliphatic carbocycles. The highest BCUT2D eigenvalue weighted by Crippen LogP contribution is 2.03. The van der Waals surface area contributed by atoms with Crippen molar-refractivity contribution < 1.29 is 9.53 Å². The quantitative estimate of drug-likeness (QED) is 0.848. The molecule has 1 aromatic heterocycles. The first kappa shape index (κ1) is 15.8. The number of morpholine rings is 1. The Morgan fingerprint density at radius 3 is 2.86 bits per heavy atom. The van der Waals surface area contributed by atoms with Crippen molar-refractivity contribution in [2.45, 2.75) is 19.5 Å². The van der Waals surface area contributed by atoms with Gasteiger partial charge in [-0.3, -0.25) is 9.58 Å². The van der Waals surface area contributed by atoms with E-state index in [9.17, 15) is 4.79 Å². The van der Waals surface area contributed by atoms with Gasteiger partial charge in [-0.25, -0.2) is 4.79 Å². The minimum atomic E-state index is -0.0559. The van der Waals surface area contributed by atoms with Crippen molar-refractivity contribution in [2.75, 3.05) is 39.9 Å². The van der Waals surface area contributed by atoms with Gasteiger partial charge in [0.05, 0.1) is 26.0 Å². The third-order valence-corrected chi connectivity index (χ3v) is 3.53. The largest absolute Gasteiger partial charge is 0.379 e. The molecular formula is C14H25N5O2. The van der Waals surface area contributed by atoms with Crippen LogP contribution in [0.2, 0.25) is 0 Å². The SMILES string of the molecule is C[C@H](CN1CCOCC1)NC(=O)N(C)Cc1cnn(C)c1. The monoisotopic (exact) mass is 295 g/mol. The van der Waals surface area contributed by atoms with Gasteiger partial charge in [-0.2, -0.15) is 5.10 Å². The van der Waals surface area contributed by atoms with Crippen LogP contribution in [0.3, 0.4) is 0 Å². The smallest absolute Gasteiger partial charge is 0.317 e. The first-order valence-electron chi connectivity index (χ1n) is 7.34. The van der Waals surface area contributed by atoms with Crippen LogP contribution in [0.15, 0.2) is 12.4 Å². The number of aromatic nitrogens is 2. The van der Waals surface area contributed by atoms with Crippen molar-refractivity contribution >= 4 is 6.03 Å². The molecule has 118 valence electrons. The fourth-order valence-corrected chi connectivity index (χ4v) is 2.44. The van der Waals surface area contributed by atoms with E-state index in [1.807, 2.05) is 20.2 Å². The molecule has 1 aliphatic rings. The summed E-state index contributed by atoms with van der Waals surface area (Å²) in [6.45, 7) is 6.88. The van der Waals surface area contributed by atoms with E-state index in [0.717, 1.165) is 38.4 Å². The van der Waals surface area contributed by atoms with Crippen LogP contribution in [0.1, 0.15) is 12.5 Å². The van der Waals surface area contributed by atoms with Gasteiger partial charge in [0.25, 0.3) is 0 Å². The second-order valence-corrected chi connectivity index (χ2v) is 5.64. The fourth-order valence-electron chi connectivity index (χ4n) is 2.44.